The van der Waals surface area contributed by atoms with Crippen molar-refractivity contribution in [3.8, 4) is 0 Å². The monoisotopic (exact) mass is 368 g/mol. The summed E-state index contributed by atoms with van der Waals surface area (Å²) in [5.74, 6) is 1.10. The average molecular weight is 369 g/mol. The first kappa shape index (κ1) is 17.4. The minimum absolute atomic E-state index is 0.0109. The third kappa shape index (κ3) is 4.04. The van der Waals surface area contributed by atoms with Crippen LogP contribution in [0.25, 0.3) is 0 Å². The molecule has 0 aliphatic heterocycles. The Hall–Kier alpha value is -2.00. The molecule has 4 heteroatoms. The lowest BCUT2D eigenvalue weighted by atomic mass is 9.76. The van der Waals surface area contributed by atoms with Gasteiger partial charge in [0.25, 0.3) is 0 Å². The van der Waals surface area contributed by atoms with E-state index in [0.29, 0.717) is 17.9 Å². The van der Waals surface area contributed by atoms with Crippen molar-refractivity contribution in [1.82, 2.24) is 10.6 Å². The second-order valence-electron chi connectivity index (χ2n) is 7.65. The second-order valence-corrected chi connectivity index (χ2v) is 8.09. The lowest BCUT2D eigenvalue weighted by Gasteiger charge is -2.36. The number of rotatable bonds is 4. The van der Waals surface area contributed by atoms with Gasteiger partial charge < -0.3 is 10.6 Å². The summed E-state index contributed by atoms with van der Waals surface area (Å²) in [5.41, 5.74) is 2.70. The molecule has 4 rings (SSSR count). The summed E-state index contributed by atoms with van der Waals surface area (Å²) in [6.45, 7) is 0. The maximum atomic E-state index is 12.3. The zero-order valence-electron chi connectivity index (χ0n) is 14.8. The molecule has 136 valence electrons. The number of carbonyl (C=O) groups is 1. The molecule has 26 heavy (non-hydrogen) atoms. The molecule has 2 aromatic rings. The first-order chi connectivity index (χ1) is 12.7. The summed E-state index contributed by atoms with van der Waals surface area (Å²) < 4.78 is 0. The third-order valence-corrected chi connectivity index (χ3v) is 6.11. The molecule has 2 aliphatic carbocycles. The maximum absolute atomic E-state index is 12.3. The molecule has 0 heterocycles. The highest BCUT2D eigenvalue weighted by Crippen LogP contribution is 2.37. The van der Waals surface area contributed by atoms with Crippen LogP contribution in [0.2, 0.25) is 5.02 Å². The summed E-state index contributed by atoms with van der Waals surface area (Å²) in [7, 11) is 0. The Morgan fingerprint density at radius 3 is 2.12 bits per heavy atom. The first-order valence-corrected chi connectivity index (χ1v) is 9.92. The Kier molecular flexibility index (Phi) is 5.16. The van der Waals surface area contributed by atoms with Gasteiger partial charge in [-0.25, -0.2) is 4.79 Å². The van der Waals surface area contributed by atoms with E-state index in [1.807, 2.05) is 18.2 Å². The topological polar surface area (TPSA) is 41.1 Å². The molecule has 2 fully saturated rings. The Labute approximate surface area is 160 Å². The van der Waals surface area contributed by atoms with Crippen LogP contribution in [0.1, 0.15) is 55.1 Å². The van der Waals surface area contributed by atoms with Gasteiger partial charge in [0.1, 0.15) is 0 Å². The molecule has 2 aliphatic rings. The van der Waals surface area contributed by atoms with E-state index in [4.69, 9.17) is 11.6 Å². The van der Waals surface area contributed by atoms with Gasteiger partial charge in [0.05, 0.1) is 0 Å². The lowest BCUT2D eigenvalue weighted by Crippen LogP contribution is -2.49. The Morgan fingerprint density at radius 1 is 0.769 bits per heavy atom. The third-order valence-electron chi connectivity index (χ3n) is 5.85. The van der Waals surface area contributed by atoms with Crippen molar-refractivity contribution < 1.29 is 4.79 Å². The molecule has 3 nitrogen and oxygen atoms in total. The minimum Gasteiger partial charge on any atom is -0.335 e. The molecular formula is C22H25ClN2O. The van der Waals surface area contributed by atoms with Crippen LogP contribution in [-0.4, -0.2) is 18.1 Å². The number of benzene rings is 2. The van der Waals surface area contributed by atoms with Crippen molar-refractivity contribution in [3.63, 3.8) is 0 Å². The van der Waals surface area contributed by atoms with Crippen molar-refractivity contribution in [2.24, 2.45) is 0 Å². The molecule has 0 bridgehead atoms. The molecule has 2 aromatic carbocycles. The number of amides is 2. The predicted octanol–water partition coefficient (Wildman–Crippen LogP) is 5.22. The number of nitrogens with one attached hydrogen (secondary N) is 2. The number of urea groups is 1. The number of halogens is 1. The SMILES string of the molecule is O=C(NC1CCC(c2ccc(Cl)cc2)C1)NC1CC(c2ccccc2)C1. The van der Waals surface area contributed by atoms with E-state index < -0.39 is 0 Å². The van der Waals surface area contributed by atoms with Crippen molar-refractivity contribution in [1.29, 1.82) is 0 Å². The molecule has 0 spiro atoms. The molecule has 2 saturated carbocycles. The fraction of sp³-hybridized carbons (Fsp3) is 0.409. The van der Waals surface area contributed by atoms with Gasteiger partial charge in [0.2, 0.25) is 0 Å². The number of carbonyl (C=O) groups excluding carboxylic acids is 1. The van der Waals surface area contributed by atoms with Crippen LogP contribution in [0.4, 0.5) is 4.79 Å². The summed E-state index contributed by atoms with van der Waals surface area (Å²) in [6.07, 6.45) is 5.24. The van der Waals surface area contributed by atoms with E-state index in [0.717, 1.165) is 37.1 Å². The summed E-state index contributed by atoms with van der Waals surface area (Å²) in [5, 5.41) is 7.08. The van der Waals surface area contributed by atoms with E-state index >= 15 is 0 Å². The highest BCUT2D eigenvalue weighted by Gasteiger charge is 2.32. The van der Waals surface area contributed by atoms with Crippen molar-refractivity contribution in [3.05, 3.63) is 70.7 Å². The second kappa shape index (κ2) is 7.71. The lowest BCUT2D eigenvalue weighted by molar-refractivity contribution is 0.219. The van der Waals surface area contributed by atoms with E-state index in [2.05, 4.69) is 47.0 Å². The smallest absolute Gasteiger partial charge is 0.315 e. The van der Waals surface area contributed by atoms with Crippen molar-refractivity contribution in [2.45, 2.75) is 56.0 Å². The molecule has 2 N–H and O–H groups in total. The molecule has 0 radical (unpaired) electrons. The van der Waals surface area contributed by atoms with Crippen LogP contribution in [0.5, 0.6) is 0 Å². The number of hydrogen-bond donors (Lipinski definition) is 2. The van der Waals surface area contributed by atoms with Gasteiger partial charge in [0.15, 0.2) is 0 Å². The highest BCUT2D eigenvalue weighted by molar-refractivity contribution is 6.30. The van der Waals surface area contributed by atoms with Crippen molar-refractivity contribution >= 4 is 17.6 Å². The predicted molar refractivity (Wildman–Crippen MR) is 106 cm³/mol. The number of hydrogen-bond acceptors (Lipinski definition) is 1. The molecule has 0 saturated heterocycles. The fourth-order valence-electron chi connectivity index (χ4n) is 4.30. The van der Waals surface area contributed by atoms with Gasteiger partial charge in [-0.1, -0.05) is 54.1 Å². The van der Waals surface area contributed by atoms with E-state index in [1.165, 1.54) is 11.1 Å². The van der Waals surface area contributed by atoms with Crippen LogP contribution in [-0.2, 0) is 0 Å². The van der Waals surface area contributed by atoms with Crippen molar-refractivity contribution in [2.75, 3.05) is 0 Å². The zero-order valence-corrected chi connectivity index (χ0v) is 15.6. The molecular weight excluding hydrogens is 344 g/mol. The van der Waals surface area contributed by atoms with Crippen LogP contribution >= 0.6 is 11.6 Å². The van der Waals surface area contributed by atoms with Gasteiger partial charge >= 0.3 is 6.03 Å². The van der Waals surface area contributed by atoms with E-state index in [9.17, 15) is 4.79 Å². The van der Waals surface area contributed by atoms with Crippen LogP contribution in [0.15, 0.2) is 54.6 Å². The highest BCUT2D eigenvalue weighted by atomic mass is 35.5. The first-order valence-electron chi connectivity index (χ1n) is 9.55. The standard InChI is InChI=1S/C22H25ClN2O/c23-19-9-6-16(7-10-19)17-8-11-20(12-17)24-22(26)25-21-13-18(14-21)15-4-2-1-3-5-15/h1-7,9-10,17-18,20-21H,8,11-14H2,(H2,24,25,26). The van der Waals surface area contributed by atoms with E-state index in [1.54, 1.807) is 0 Å². The van der Waals surface area contributed by atoms with Gasteiger partial charge in [-0.05, 0) is 67.2 Å². The van der Waals surface area contributed by atoms with Crippen LogP contribution in [0, 0.1) is 0 Å². The van der Waals surface area contributed by atoms with E-state index in [-0.39, 0.29) is 12.1 Å². The minimum atomic E-state index is -0.0109. The summed E-state index contributed by atoms with van der Waals surface area (Å²) in [4.78, 5) is 12.3. The molecule has 2 unspecified atom stereocenters. The van der Waals surface area contributed by atoms with Gasteiger partial charge in [-0.3, -0.25) is 0 Å². The quantitative estimate of drug-likeness (QED) is 0.763. The average Bonchev–Trinajstić information content (AvgIpc) is 3.07. The van der Waals surface area contributed by atoms with Crippen LogP contribution in [0.3, 0.4) is 0 Å². The molecule has 2 atom stereocenters. The summed E-state index contributed by atoms with van der Waals surface area (Å²) in [6, 6.07) is 19.2. The van der Waals surface area contributed by atoms with Crippen LogP contribution < -0.4 is 10.6 Å². The Balaban J connectivity index is 1.21. The Bertz CT molecular complexity index is 740. The maximum Gasteiger partial charge on any atom is 0.315 e. The van der Waals surface area contributed by atoms with Gasteiger partial charge in [0, 0.05) is 17.1 Å². The Morgan fingerprint density at radius 2 is 1.38 bits per heavy atom. The fourth-order valence-corrected chi connectivity index (χ4v) is 4.42. The molecule has 0 aromatic heterocycles. The largest absolute Gasteiger partial charge is 0.335 e. The molecule has 2 amide bonds. The van der Waals surface area contributed by atoms with Gasteiger partial charge in [-0.2, -0.15) is 0 Å². The zero-order chi connectivity index (χ0) is 17.9. The van der Waals surface area contributed by atoms with Gasteiger partial charge in [-0.15, -0.1) is 0 Å². The summed E-state index contributed by atoms with van der Waals surface area (Å²) >= 11 is 5.97. The normalized spacial score (nSPS) is 27.6.